The zero-order chi connectivity index (χ0) is 12.3. The summed E-state index contributed by atoms with van der Waals surface area (Å²) in [5, 5.41) is 2.65. The lowest BCUT2D eigenvalue weighted by Crippen LogP contribution is -2.12. The topological polar surface area (TPSA) is 42.0 Å². The highest BCUT2D eigenvalue weighted by molar-refractivity contribution is 9.10. The summed E-state index contributed by atoms with van der Waals surface area (Å²) < 4.78 is 13.2. The minimum atomic E-state index is -0.342. The van der Waals surface area contributed by atoms with E-state index in [1.165, 1.54) is 24.3 Å². The molecule has 0 radical (unpaired) electrons. The van der Waals surface area contributed by atoms with Gasteiger partial charge in [-0.2, -0.15) is 0 Å². The second-order valence-electron chi connectivity index (χ2n) is 3.30. The number of halogens is 2. The van der Waals surface area contributed by atoms with Gasteiger partial charge in [0.2, 0.25) is 0 Å². The number of amides is 1. The highest BCUT2D eigenvalue weighted by Gasteiger charge is 2.10. The third-order valence-electron chi connectivity index (χ3n) is 2.11. The Morgan fingerprint density at radius 2 is 1.94 bits per heavy atom. The maximum Gasteiger partial charge on any atom is 0.258 e. The van der Waals surface area contributed by atoms with Crippen molar-refractivity contribution < 1.29 is 9.18 Å². The van der Waals surface area contributed by atoms with Crippen LogP contribution in [0, 0.1) is 5.82 Å². The SMILES string of the molecule is O=C(Nc1ccc(F)cc1)c1cccnc1Br. The molecule has 0 fully saturated rings. The minimum absolute atomic E-state index is 0.295. The summed E-state index contributed by atoms with van der Waals surface area (Å²) in [4.78, 5) is 15.8. The summed E-state index contributed by atoms with van der Waals surface area (Å²) in [5.74, 6) is -0.637. The molecule has 0 unspecified atom stereocenters. The summed E-state index contributed by atoms with van der Waals surface area (Å²) in [6.07, 6.45) is 1.58. The van der Waals surface area contributed by atoms with Crippen molar-refractivity contribution in [3.8, 4) is 0 Å². The molecule has 0 saturated heterocycles. The fraction of sp³-hybridized carbons (Fsp3) is 0. The molecule has 1 aromatic carbocycles. The van der Waals surface area contributed by atoms with Crippen LogP contribution in [0.1, 0.15) is 10.4 Å². The average molecular weight is 295 g/mol. The van der Waals surface area contributed by atoms with Gasteiger partial charge >= 0.3 is 0 Å². The number of anilines is 1. The number of nitrogens with one attached hydrogen (secondary N) is 1. The minimum Gasteiger partial charge on any atom is -0.322 e. The normalized spacial score (nSPS) is 10.0. The fourth-order valence-electron chi connectivity index (χ4n) is 1.29. The largest absolute Gasteiger partial charge is 0.322 e. The highest BCUT2D eigenvalue weighted by atomic mass is 79.9. The second kappa shape index (κ2) is 5.05. The van der Waals surface area contributed by atoms with Crippen LogP contribution in [0.15, 0.2) is 47.2 Å². The number of nitrogens with zero attached hydrogens (tertiary/aromatic N) is 1. The Labute approximate surface area is 106 Å². The van der Waals surface area contributed by atoms with Gasteiger partial charge in [0.25, 0.3) is 5.91 Å². The molecule has 2 rings (SSSR count). The zero-order valence-corrected chi connectivity index (χ0v) is 10.2. The van der Waals surface area contributed by atoms with Crippen LogP contribution in [0.5, 0.6) is 0 Å². The number of carbonyl (C=O) groups excluding carboxylic acids is 1. The van der Waals surface area contributed by atoms with Gasteiger partial charge in [-0.05, 0) is 52.3 Å². The van der Waals surface area contributed by atoms with E-state index in [-0.39, 0.29) is 11.7 Å². The first-order valence-corrected chi connectivity index (χ1v) is 5.63. The first-order chi connectivity index (χ1) is 8.16. The predicted octanol–water partition coefficient (Wildman–Crippen LogP) is 3.24. The van der Waals surface area contributed by atoms with E-state index in [9.17, 15) is 9.18 Å². The second-order valence-corrected chi connectivity index (χ2v) is 4.05. The van der Waals surface area contributed by atoms with Gasteiger partial charge in [-0.3, -0.25) is 4.79 Å². The molecule has 86 valence electrons. The summed E-state index contributed by atoms with van der Waals surface area (Å²) in [6, 6.07) is 8.89. The molecule has 5 heteroatoms. The zero-order valence-electron chi connectivity index (χ0n) is 8.65. The monoisotopic (exact) mass is 294 g/mol. The summed E-state index contributed by atoms with van der Waals surface area (Å²) in [6.45, 7) is 0. The Hall–Kier alpha value is -1.75. The highest BCUT2D eigenvalue weighted by Crippen LogP contribution is 2.15. The van der Waals surface area contributed by atoms with E-state index in [1.54, 1.807) is 18.3 Å². The molecule has 2 aromatic rings. The van der Waals surface area contributed by atoms with Crippen LogP contribution in [0.3, 0.4) is 0 Å². The molecule has 0 aliphatic rings. The van der Waals surface area contributed by atoms with E-state index >= 15 is 0 Å². The van der Waals surface area contributed by atoms with Crippen LogP contribution in [0.2, 0.25) is 0 Å². The Morgan fingerprint density at radius 3 is 2.59 bits per heavy atom. The Kier molecular flexibility index (Phi) is 3.49. The van der Waals surface area contributed by atoms with E-state index in [4.69, 9.17) is 0 Å². The van der Waals surface area contributed by atoms with Crippen molar-refractivity contribution in [2.75, 3.05) is 5.32 Å². The molecule has 0 bridgehead atoms. The molecular weight excluding hydrogens is 287 g/mol. The van der Waals surface area contributed by atoms with Crippen LogP contribution in [0.25, 0.3) is 0 Å². The van der Waals surface area contributed by atoms with Crippen LogP contribution >= 0.6 is 15.9 Å². The number of carbonyl (C=O) groups is 1. The molecule has 1 aromatic heterocycles. The summed E-state index contributed by atoms with van der Waals surface area (Å²) in [7, 11) is 0. The number of benzene rings is 1. The fourth-order valence-corrected chi connectivity index (χ4v) is 1.72. The van der Waals surface area contributed by atoms with Crippen molar-refractivity contribution in [3.05, 3.63) is 58.6 Å². The van der Waals surface area contributed by atoms with Crippen molar-refractivity contribution in [2.45, 2.75) is 0 Å². The number of pyridine rings is 1. The molecule has 0 saturated carbocycles. The predicted molar refractivity (Wildman–Crippen MR) is 66.3 cm³/mol. The third-order valence-corrected chi connectivity index (χ3v) is 2.74. The van der Waals surface area contributed by atoms with Crippen molar-refractivity contribution in [3.63, 3.8) is 0 Å². The first kappa shape index (κ1) is 11.7. The lowest BCUT2D eigenvalue weighted by atomic mass is 10.2. The smallest absolute Gasteiger partial charge is 0.258 e. The number of hydrogen-bond acceptors (Lipinski definition) is 2. The van der Waals surface area contributed by atoms with Gasteiger partial charge in [0.15, 0.2) is 0 Å². The maximum absolute atomic E-state index is 12.7. The van der Waals surface area contributed by atoms with Crippen molar-refractivity contribution in [1.29, 1.82) is 0 Å². The van der Waals surface area contributed by atoms with E-state index in [1.807, 2.05) is 0 Å². The molecule has 1 N–H and O–H groups in total. The standard InChI is InChI=1S/C12H8BrFN2O/c13-11-10(2-1-7-15-11)12(17)16-9-5-3-8(14)4-6-9/h1-7H,(H,16,17). The number of hydrogen-bond donors (Lipinski definition) is 1. The molecule has 0 aliphatic heterocycles. The van der Waals surface area contributed by atoms with E-state index in [2.05, 4.69) is 26.2 Å². The molecule has 0 atom stereocenters. The molecule has 17 heavy (non-hydrogen) atoms. The van der Waals surface area contributed by atoms with Gasteiger partial charge in [0.05, 0.1) is 5.56 Å². The van der Waals surface area contributed by atoms with Gasteiger partial charge in [-0.1, -0.05) is 0 Å². The van der Waals surface area contributed by atoms with Crippen LogP contribution < -0.4 is 5.32 Å². The molecule has 3 nitrogen and oxygen atoms in total. The van der Waals surface area contributed by atoms with Gasteiger partial charge in [0.1, 0.15) is 10.4 Å². The Balaban J connectivity index is 2.17. The summed E-state index contributed by atoms with van der Waals surface area (Å²) >= 11 is 3.19. The first-order valence-electron chi connectivity index (χ1n) is 4.84. The maximum atomic E-state index is 12.7. The van der Waals surface area contributed by atoms with E-state index < -0.39 is 0 Å². The Bertz CT molecular complexity index is 542. The number of aromatic nitrogens is 1. The quantitative estimate of drug-likeness (QED) is 0.864. The van der Waals surface area contributed by atoms with Crippen LogP contribution in [-0.2, 0) is 0 Å². The van der Waals surface area contributed by atoms with E-state index in [0.29, 0.717) is 15.9 Å². The molecular formula is C12H8BrFN2O. The Morgan fingerprint density at radius 1 is 1.24 bits per heavy atom. The number of rotatable bonds is 2. The lowest BCUT2D eigenvalue weighted by molar-refractivity contribution is 0.102. The van der Waals surface area contributed by atoms with Crippen LogP contribution in [-0.4, -0.2) is 10.9 Å². The lowest BCUT2D eigenvalue weighted by Gasteiger charge is -2.05. The molecule has 0 spiro atoms. The van der Waals surface area contributed by atoms with Crippen molar-refractivity contribution in [2.24, 2.45) is 0 Å². The van der Waals surface area contributed by atoms with Crippen molar-refractivity contribution >= 4 is 27.5 Å². The average Bonchev–Trinajstić information content (AvgIpc) is 2.32. The van der Waals surface area contributed by atoms with Gasteiger partial charge in [-0.25, -0.2) is 9.37 Å². The van der Waals surface area contributed by atoms with E-state index in [0.717, 1.165) is 0 Å². The summed E-state index contributed by atoms with van der Waals surface area (Å²) in [5.41, 5.74) is 0.962. The molecule has 1 heterocycles. The van der Waals surface area contributed by atoms with Crippen molar-refractivity contribution in [1.82, 2.24) is 4.98 Å². The van der Waals surface area contributed by atoms with Gasteiger partial charge in [-0.15, -0.1) is 0 Å². The third kappa shape index (κ3) is 2.88. The van der Waals surface area contributed by atoms with Gasteiger partial charge < -0.3 is 5.32 Å². The molecule has 0 aliphatic carbocycles. The van der Waals surface area contributed by atoms with Gasteiger partial charge in [0, 0.05) is 11.9 Å². The van der Waals surface area contributed by atoms with Crippen LogP contribution in [0.4, 0.5) is 10.1 Å². The molecule has 1 amide bonds.